The van der Waals surface area contributed by atoms with Gasteiger partial charge in [-0.25, -0.2) is 4.79 Å². The van der Waals surface area contributed by atoms with Gasteiger partial charge in [-0.1, -0.05) is 0 Å². The second-order valence-corrected chi connectivity index (χ2v) is 6.99. The molecule has 0 unspecified atom stereocenters. The molecule has 0 aliphatic carbocycles. The third-order valence-corrected chi connectivity index (χ3v) is 4.81. The average Bonchev–Trinajstić information content (AvgIpc) is 3.14. The summed E-state index contributed by atoms with van der Waals surface area (Å²) in [7, 11) is 4.45. The Balaban J connectivity index is 1.75. The topological polar surface area (TPSA) is 150 Å². The van der Waals surface area contributed by atoms with Gasteiger partial charge in [-0.2, -0.15) is 0 Å². The molecule has 0 bridgehead atoms. The molecule has 1 amide bonds. The minimum atomic E-state index is -1.43. The maximum Gasteiger partial charge on any atom is 0.328 e. The molecule has 11 heteroatoms. The molecule has 11 nitrogen and oxygen atoms in total. The van der Waals surface area contributed by atoms with Gasteiger partial charge in [-0.3, -0.25) is 9.59 Å². The van der Waals surface area contributed by atoms with Crippen LogP contribution in [0.25, 0.3) is 6.08 Å². The van der Waals surface area contributed by atoms with E-state index in [0.717, 1.165) is 0 Å². The minimum absolute atomic E-state index is 0.0615. The Hall–Kier alpha value is -4.25. The highest BCUT2D eigenvalue weighted by molar-refractivity contribution is 6.14. The molecule has 3 rings (SSSR count). The van der Waals surface area contributed by atoms with Crippen molar-refractivity contribution in [3.05, 3.63) is 47.2 Å². The van der Waals surface area contributed by atoms with E-state index in [1.165, 1.54) is 45.6 Å². The number of amides is 1. The summed E-state index contributed by atoms with van der Waals surface area (Å²) in [5.41, 5.74) is 0.886. The Labute approximate surface area is 194 Å². The average molecular weight is 473 g/mol. The van der Waals surface area contributed by atoms with Gasteiger partial charge in [0.2, 0.25) is 11.5 Å². The van der Waals surface area contributed by atoms with Crippen molar-refractivity contribution in [2.24, 2.45) is 0 Å². The fourth-order valence-corrected chi connectivity index (χ4v) is 3.16. The van der Waals surface area contributed by atoms with E-state index in [0.29, 0.717) is 28.4 Å². The maximum atomic E-state index is 12.8. The number of ketones is 1. The van der Waals surface area contributed by atoms with Crippen molar-refractivity contribution in [1.82, 2.24) is 5.32 Å². The number of fused-ring (bicyclic) bond motifs is 1. The van der Waals surface area contributed by atoms with Gasteiger partial charge in [0.15, 0.2) is 23.9 Å². The monoisotopic (exact) mass is 473 g/mol. The molecular weight excluding hydrogens is 450 g/mol. The smallest absolute Gasteiger partial charge is 0.328 e. The first-order chi connectivity index (χ1) is 16.3. The third kappa shape index (κ3) is 5.21. The number of ether oxygens (including phenoxy) is 5. The van der Waals surface area contributed by atoms with Crippen LogP contribution in [0.5, 0.6) is 28.7 Å². The van der Waals surface area contributed by atoms with Gasteiger partial charge in [0.25, 0.3) is 5.91 Å². The molecule has 2 aromatic carbocycles. The van der Waals surface area contributed by atoms with Gasteiger partial charge < -0.3 is 39.2 Å². The number of carboxylic acid groups (broad SMARTS) is 1. The number of Topliss-reactive ketones (excluding diaryl/α,β-unsaturated/α-hetero) is 1. The summed E-state index contributed by atoms with van der Waals surface area (Å²) in [4.78, 5) is 35.5. The highest BCUT2D eigenvalue weighted by atomic mass is 16.5. The highest BCUT2D eigenvalue weighted by Crippen LogP contribution is 2.40. The first-order valence-electron chi connectivity index (χ1n) is 9.95. The fraction of sp³-hybridized carbons (Fsp3) is 0.261. The summed E-state index contributed by atoms with van der Waals surface area (Å²) in [6.45, 7) is -1.25. The Bertz CT molecular complexity index is 1120. The molecule has 0 saturated carbocycles. The van der Waals surface area contributed by atoms with E-state index in [2.05, 4.69) is 5.32 Å². The van der Waals surface area contributed by atoms with Crippen molar-refractivity contribution in [1.29, 1.82) is 0 Å². The van der Waals surface area contributed by atoms with E-state index in [-0.39, 0.29) is 23.0 Å². The maximum absolute atomic E-state index is 12.8. The summed E-state index contributed by atoms with van der Waals surface area (Å²) >= 11 is 0. The first-order valence-corrected chi connectivity index (χ1v) is 9.95. The standard InChI is InChI=1S/C23H23NO10/c1-30-18-7-12(8-19(31-2)22(18)32-3)6-17-21(27)14-5-4-13(9-16(14)34-17)33-11-20(26)24-15(10-25)23(28)29/h4-9,15,25H,10-11H2,1-3H3,(H,24,26)(H,28,29)/t15-/m0/s1. The van der Waals surface area contributed by atoms with Gasteiger partial charge in [0.05, 0.1) is 33.5 Å². The molecule has 1 aliphatic rings. The normalized spacial score (nSPS) is 14.1. The lowest BCUT2D eigenvalue weighted by atomic mass is 10.1. The van der Waals surface area contributed by atoms with Crippen molar-refractivity contribution in [2.45, 2.75) is 6.04 Å². The number of nitrogens with one attached hydrogen (secondary N) is 1. The number of rotatable bonds is 10. The summed E-state index contributed by atoms with van der Waals surface area (Å²) in [6.07, 6.45) is 1.53. The van der Waals surface area contributed by atoms with Gasteiger partial charge in [0.1, 0.15) is 17.5 Å². The number of hydrogen-bond acceptors (Lipinski definition) is 9. The molecule has 3 N–H and O–H groups in total. The molecule has 0 aromatic heterocycles. The van der Waals surface area contributed by atoms with Gasteiger partial charge in [-0.15, -0.1) is 0 Å². The van der Waals surface area contributed by atoms with E-state index >= 15 is 0 Å². The number of methoxy groups -OCH3 is 3. The lowest BCUT2D eigenvalue weighted by molar-refractivity contribution is -0.143. The van der Waals surface area contributed by atoms with Crippen LogP contribution in [0.1, 0.15) is 15.9 Å². The number of hydrogen-bond donors (Lipinski definition) is 3. The van der Waals surface area contributed by atoms with E-state index < -0.39 is 31.1 Å². The molecular formula is C23H23NO10. The zero-order chi connectivity index (χ0) is 24.8. The number of carboxylic acids is 1. The first kappa shape index (κ1) is 24.4. The van der Waals surface area contributed by atoms with Crippen LogP contribution in [-0.2, 0) is 9.59 Å². The number of aliphatic carboxylic acids is 1. The van der Waals surface area contributed by atoms with Crippen LogP contribution in [0.15, 0.2) is 36.1 Å². The van der Waals surface area contributed by atoms with Crippen molar-refractivity contribution in [3.63, 3.8) is 0 Å². The Kier molecular flexibility index (Phi) is 7.59. The number of benzene rings is 2. The molecule has 34 heavy (non-hydrogen) atoms. The van der Waals surface area contributed by atoms with Crippen LogP contribution < -0.4 is 29.0 Å². The minimum Gasteiger partial charge on any atom is -0.493 e. The van der Waals surface area contributed by atoms with E-state index in [1.807, 2.05) is 0 Å². The predicted octanol–water partition coefficient (Wildman–Crippen LogP) is 1.27. The van der Waals surface area contributed by atoms with Crippen LogP contribution >= 0.6 is 0 Å². The highest BCUT2D eigenvalue weighted by Gasteiger charge is 2.28. The zero-order valence-electron chi connectivity index (χ0n) is 18.6. The SMILES string of the molecule is COc1cc(C=C2Oc3cc(OCC(=O)N[C@@H](CO)C(=O)O)ccc3C2=O)cc(OC)c1OC. The van der Waals surface area contributed by atoms with Crippen LogP contribution in [0, 0.1) is 0 Å². The molecule has 0 fully saturated rings. The second kappa shape index (κ2) is 10.6. The molecule has 0 saturated heterocycles. The number of carbonyl (C=O) groups excluding carboxylic acids is 2. The van der Waals surface area contributed by atoms with E-state index in [9.17, 15) is 14.4 Å². The van der Waals surface area contributed by atoms with Crippen LogP contribution in [0.4, 0.5) is 0 Å². The summed E-state index contributed by atoms with van der Waals surface area (Å²) in [6, 6.07) is 6.32. The lowest BCUT2D eigenvalue weighted by Crippen LogP contribution is -2.45. The van der Waals surface area contributed by atoms with Crippen molar-refractivity contribution in [3.8, 4) is 28.7 Å². The summed E-state index contributed by atoms with van der Waals surface area (Å²) in [5.74, 6) is -0.685. The quantitative estimate of drug-likeness (QED) is 0.431. The van der Waals surface area contributed by atoms with Crippen LogP contribution in [-0.4, -0.2) is 68.5 Å². The largest absolute Gasteiger partial charge is 0.493 e. The van der Waals surface area contributed by atoms with Gasteiger partial charge in [-0.05, 0) is 35.9 Å². The summed E-state index contributed by atoms with van der Waals surface area (Å²) < 4.78 is 27.0. The molecule has 0 spiro atoms. The molecule has 2 aromatic rings. The fourth-order valence-electron chi connectivity index (χ4n) is 3.16. The Morgan fingerprint density at radius 3 is 2.32 bits per heavy atom. The van der Waals surface area contributed by atoms with Crippen LogP contribution in [0.2, 0.25) is 0 Å². The molecule has 0 radical (unpaired) electrons. The Morgan fingerprint density at radius 2 is 1.76 bits per heavy atom. The number of aliphatic hydroxyl groups is 1. The van der Waals surface area contributed by atoms with Crippen molar-refractivity contribution >= 4 is 23.7 Å². The molecule has 1 atom stereocenters. The van der Waals surface area contributed by atoms with Crippen molar-refractivity contribution in [2.75, 3.05) is 34.5 Å². The van der Waals surface area contributed by atoms with Crippen LogP contribution in [0.3, 0.4) is 0 Å². The Morgan fingerprint density at radius 1 is 1.09 bits per heavy atom. The summed E-state index contributed by atoms with van der Waals surface area (Å²) in [5, 5.41) is 19.9. The van der Waals surface area contributed by atoms with E-state index in [1.54, 1.807) is 12.1 Å². The third-order valence-electron chi connectivity index (χ3n) is 4.81. The predicted molar refractivity (Wildman–Crippen MR) is 118 cm³/mol. The molecule has 1 aliphatic heterocycles. The number of allylic oxidation sites excluding steroid dienone is 1. The van der Waals surface area contributed by atoms with E-state index in [4.69, 9.17) is 33.9 Å². The number of aliphatic hydroxyl groups excluding tert-OH is 1. The number of carbonyl (C=O) groups is 3. The second-order valence-electron chi connectivity index (χ2n) is 6.99. The molecule has 1 heterocycles. The van der Waals surface area contributed by atoms with Gasteiger partial charge in [0, 0.05) is 6.07 Å². The zero-order valence-corrected chi connectivity index (χ0v) is 18.6. The molecule has 180 valence electrons. The van der Waals surface area contributed by atoms with Gasteiger partial charge >= 0.3 is 5.97 Å². The lowest BCUT2D eigenvalue weighted by Gasteiger charge is -2.13. The van der Waals surface area contributed by atoms with Crippen molar-refractivity contribution < 1.29 is 48.3 Å².